The van der Waals surface area contributed by atoms with E-state index in [1.165, 1.54) is 38.5 Å². The van der Waals surface area contributed by atoms with Crippen LogP contribution in [0.1, 0.15) is 38.1 Å². The van der Waals surface area contributed by atoms with Gasteiger partial charge in [-0.2, -0.15) is 0 Å². The van der Waals surface area contributed by atoms with Crippen molar-refractivity contribution in [1.82, 2.24) is 14.5 Å². The molecule has 0 aliphatic heterocycles. The fourth-order valence-electron chi connectivity index (χ4n) is 6.26. The lowest BCUT2D eigenvalue weighted by atomic mass is 9.98. The maximum absolute atomic E-state index is 5.20. The van der Waals surface area contributed by atoms with E-state index in [9.17, 15) is 0 Å². The van der Waals surface area contributed by atoms with E-state index >= 15 is 0 Å². The molecule has 0 amide bonds. The standard InChI is InChI=1S/C38H31N3/c1-5-12-35-28(6-2)33-22-26(19-20-36(33)41(35)24(3)4)25-13-11-14-27(21-25)34-23-39-37-31-17-9-7-15-29(31)30-16-8-10-18-32(30)38(37)40-34/h5-24H,2H2,1,3-4H3/b12-5-. The van der Waals surface area contributed by atoms with Crippen molar-refractivity contribution in [3.63, 3.8) is 0 Å². The van der Waals surface area contributed by atoms with Gasteiger partial charge in [0.25, 0.3) is 0 Å². The number of nitrogens with zero attached hydrogens (tertiary/aromatic N) is 3. The van der Waals surface area contributed by atoms with Gasteiger partial charge in [-0.25, -0.2) is 4.98 Å². The van der Waals surface area contributed by atoms with Crippen LogP contribution >= 0.6 is 0 Å². The molecule has 0 aliphatic rings. The molecule has 0 bridgehead atoms. The zero-order valence-corrected chi connectivity index (χ0v) is 23.6. The number of hydrogen-bond acceptors (Lipinski definition) is 2. The molecular formula is C38H31N3. The summed E-state index contributed by atoms with van der Waals surface area (Å²) in [5.41, 5.74) is 9.70. The average molecular weight is 530 g/mol. The molecule has 0 saturated heterocycles. The Morgan fingerprint density at radius 3 is 2.05 bits per heavy atom. The van der Waals surface area contributed by atoms with Crippen molar-refractivity contribution in [3.05, 3.63) is 121 Å². The first-order valence-corrected chi connectivity index (χ1v) is 14.2. The molecule has 198 valence electrons. The zero-order chi connectivity index (χ0) is 28.1. The van der Waals surface area contributed by atoms with Crippen LogP contribution in [-0.2, 0) is 0 Å². The van der Waals surface area contributed by atoms with Gasteiger partial charge in [-0.1, -0.05) is 91.5 Å². The first kappa shape index (κ1) is 25.0. The quantitative estimate of drug-likeness (QED) is 0.208. The molecule has 2 heterocycles. The Hall–Kier alpha value is -5.02. The minimum atomic E-state index is 0.339. The Morgan fingerprint density at radius 1 is 0.707 bits per heavy atom. The van der Waals surface area contributed by atoms with E-state index in [4.69, 9.17) is 9.97 Å². The second-order valence-corrected chi connectivity index (χ2v) is 10.8. The predicted octanol–water partition coefficient (Wildman–Crippen LogP) is 10.5. The summed E-state index contributed by atoms with van der Waals surface area (Å²) >= 11 is 0. The number of rotatable bonds is 5. The minimum Gasteiger partial charge on any atom is -0.338 e. The van der Waals surface area contributed by atoms with Gasteiger partial charge >= 0.3 is 0 Å². The predicted molar refractivity (Wildman–Crippen MR) is 176 cm³/mol. The molecule has 0 fully saturated rings. The molecule has 3 heteroatoms. The molecule has 3 nitrogen and oxygen atoms in total. The van der Waals surface area contributed by atoms with Gasteiger partial charge in [0.05, 0.1) is 22.9 Å². The second-order valence-electron chi connectivity index (χ2n) is 10.8. The Kier molecular flexibility index (Phi) is 6.01. The van der Waals surface area contributed by atoms with Crippen LogP contribution in [0.3, 0.4) is 0 Å². The van der Waals surface area contributed by atoms with Crippen LogP contribution in [0.4, 0.5) is 0 Å². The highest BCUT2D eigenvalue weighted by Gasteiger charge is 2.17. The molecule has 5 aromatic carbocycles. The highest BCUT2D eigenvalue weighted by atomic mass is 15.0. The van der Waals surface area contributed by atoms with Crippen LogP contribution in [0.5, 0.6) is 0 Å². The van der Waals surface area contributed by atoms with Gasteiger partial charge in [-0.3, -0.25) is 4.98 Å². The Bertz CT molecular complexity index is 2130. The molecule has 0 aliphatic carbocycles. The maximum Gasteiger partial charge on any atom is 0.0979 e. The SMILES string of the molecule is C=Cc1c(/C=C\C)n(C(C)C)c2ccc(-c3cccc(-c4cnc5c6ccccc6c6ccccc6c5n4)c3)cc12. The van der Waals surface area contributed by atoms with Crippen molar-refractivity contribution in [2.75, 3.05) is 0 Å². The molecule has 41 heavy (non-hydrogen) atoms. The van der Waals surface area contributed by atoms with Crippen molar-refractivity contribution in [1.29, 1.82) is 0 Å². The number of hydrogen-bond donors (Lipinski definition) is 0. The fraction of sp³-hybridized carbons (Fsp3) is 0.105. The van der Waals surface area contributed by atoms with E-state index in [0.29, 0.717) is 6.04 Å². The monoisotopic (exact) mass is 529 g/mol. The van der Waals surface area contributed by atoms with Crippen molar-refractivity contribution >= 4 is 55.6 Å². The molecule has 2 aromatic heterocycles. The van der Waals surface area contributed by atoms with Gasteiger partial charge < -0.3 is 4.57 Å². The van der Waals surface area contributed by atoms with Crippen LogP contribution in [0.15, 0.2) is 110 Å². The first-order valence-electron chi connectivity index (χ1n) is 14.2. The normalized spacial score (nSPS) is 12.0. The number of aromatic nitrogens is 3. The van der Waals surface area contributed by atoms with Gasteiger partial charge in [-0.05, 0) is 66.9 Å². The topological polar surface area (TPSA) is 30.7 Å². The van der Waals surface area contributed by atoms with Crippen LogP contribution in [0.25, 0.3) is 78.0 Å². The third kappa shape index (κ3) is 3.96. The van der Waals surface area contributed by atoms with Gasteiger partial charge in [0.1, 0.15) is 0 Å². The highest BCUT2D eigenvalue weighted by Crippen LogP contribution is 2.37. The number of fused-ring (bicyclic) bond motifs is 7. The summed E-state index contributed by atoms with van der Waals surface area (Å²) in [4.78, 5) is 10.2. The maximum atomic E-state index is 5.20. The van der Waals surface area contributed by atoms with Crippen LogP contribution in [-0.4, -0.2) is 14.5 Å². The Balaban J connectivity index is 1.39. The molecular weight excluding hydrogens is 498 g/mol. The molecule has 0 spiro atoms. The van der Waals surface area contributed by atoms with Crippen LogP contribution < -0.4 is 0 Å². The second kappa shape index (κ2) is 9.87. The van der Waals surface area contributed by atoms with Gasteiger partial charge in [0.2, 0.25) is 0 Å². The number of benzene rings is 5. The Labute approximate surface area is 240 Å². The first-order chi connectivity index (χ1) is 20.1. The van der Waals surface area contributed by atoms with E-state index in [0.717, 1.165) is 38.6 Å². The highest BCUT2D eigenvalue weighted by molar-refractivity contribution is 6.23. The van der Waals surface area contributed by atoms with Crippen molar-refractivity contribution < 1.29 is 0 Å². The third-order valence-electron chi connectivity index (χ3n) is 8.05. The molecule has 0 N–H and O–H groups in total. The summed E-state index contributed by atoms with van der Waals surface area (Å²) in [5.74, 6) is 0. The van der Waals surface area contributed by atoms with Gasteiger partial charge in [-0.15, -0.1) is 0 Å². The number of allylic oxidation sites excluding steroid dienone is 1. The third-order valence-corrected chi connectivity index (χ3v) is 8.05. The molecule has 0 atom stereocenters. The fourth-order valence-corrected chi connectivity index (χ4v) is 6.26. The molecule has 0 radical (unpaired) electrons. The largest absolute Gasteiger partial charge is 0.338 e. The van der Waals surface area contributed by atoms with Crippen LogP contribution in [0.2, 0.25) is 0 Å². The summed E-state index contributed by atoms with van der Waals surface area (Å²) in [6.45, 7) is 10.7. The lowest BCUT2D eigenvalue weighted by Crippen LogP contribution is -2.02. The van der Waals surface area contributed by atoms with E-state index < -0.39 is 0 Å². The van der Waals surface area contributed by atoms with Crippen molar-refractivity contribution in [3.8, 4) is 22.4 Å². The summed E-state index contributed by atoms with van der Waals surface area (Å²) in [7, 11) is 0. The molecule has 7 aromatic rings. The van der Waals surface area contributed by atoms with Gasteiger partial charge in [0, 0.05) is 44.5 Å². The van der Waals surface area contributed by atoms with E-state index in [-0.39, 0.29) is 0 Å². The summed E-state index contributed by atoms with van der Waals surface area (Å²) < 4.78 is 2.39. The Morgan fingerprint density at radius 2 is 1.37 bits per heavy atom. The summed E-state index contributed by atoms with van der Waals surface area (Å²) in [6.07, 6.45) is 8.17. The van der Waals surface area contributed by atoms with Gasteiger partial charge in [0.15, 0.2) is 0 Å². The minimum absolute atomic E-state index is 0.339. The lowest BCUT2D eigenvalue weighted by molar-refractivity contribution is 0.618. The molecule has 0 unspecified atom stereocenters. The van der Waals surface area contributed by atoms with Crippen LogP contribution in [0, 0.1) is 0 Å². The van der Waals surface area contributed by atoms with E-state index in [1.807, 2.05) is 12.3 Å². The van der Waals surface area contributed by atoms with Crippen molar-refractivity contribution in [2.24, 2.45) is 0 Å². The van der Waals surface area contributed by atoms with Crippen molar-refractivity contribution in [2.45, 2.75) is 26.8 Å². The van der Waals surface area contributed by atoms with E-state index in [1.54, 1.807) is 0 Å². The average Bonchev–Trinajstić information content (AvgIpc) is 3.33. The van der Waals surface area contributed by atoms with E-state index in [2.05, 4.69) is 135 Å². The molecule has 0 saturated carbocycles. The molecule has 7 rings (SSSR count). The smallest absolute Gasteiger partial charge is 0.0979 e. The lowest BCUT2D eigenvalue weighted by Gasteiger charge is -2.13. The zero-order valence-electron chi connectivity index (χ0n) is 23.6. The summed E-state index contributed by atoms with van der Waals surface area (Å²) in [6, 6.07) is 32.7. The summed E-state index contributed by atoms with van der Waals surface area (Å²) in [5, 5.41) is 5.88.